The summed E-state index contributed by atoms with van der Waals surface area (Å²) < 4.78 is 28.1. The number of carbonyl (C=O) groups excluding carboxylic acids is 2. The third-order valence-corrected chi connectivity index (χ3v) is 7.15. The van der Waals surface area contributed by atoms with Gasteiger partial charge in [-0.15, -0.1) is 0 Å². The number of aryl methyl sites for hydroxylation is 1. The molecule has 0 saturated carbocycles. The molecule has 8 nitrogen and oxygen atoms in total. The number of hydroxylamine groups is 1. The minimum atomic E-state index is -3.91. The van der Waals surface area contributed by atoms with Gasteiger partial charge in [-0.2, -0.15) is 0 Å². The fourth-order valence-corrected chi connectivity index (χ4v) is 5.30. The Kier molecular flexibility index (Phi) is 7.29. The second-order valence-corrected chi connectivity index (χ2v) is 9.41. The Hall–Kier alpha value is -2.91. The van der Waals surface area contributed by atoms with Crippen molar-refractivity contribution < 1.29 is 23.2 Å². The van der Waals surface area contributed by atoms with Crippen LogP contribution in [-0.2, 0) is 26.0 Å². The summed E-state index contributed by atoms with van der Waals surface area (Å²) in [6.07, 6.45) is 2.46. The molecule has 0 bridgehead atoms. The first-order valence-corrected chi connectivity index (χ1v) is 11.7. The predicted molar refractivity (Wildman–Crippen MR) is 116 cm³/mol. The molecule has 2 aromatic carbocycles. The van der Waals surface area contributed by atoms with Crippen LogP contribution >= 0.6 is 0 Å². The van der Waals surface area contributed by atoms with Gasteiger partial charge < -0.3 is 5.32 Å². The van der Waals surface area contributed by atoms with Crippen LogP contribution in [0.1, 0.15) is 36.8 Å². The van der Waals surface area contributed by atoms with Crippen LogP contribution in [0.2, 0.25) is 0 Å². The Morgan fingerprint density at radius 1 is 1.06 bits per heavy atom. The molecule has 1 unspecified atom stereocenters. The lowest BCUT2D eigenvalue weighted by atomic mass is 10.1. The summed E-state index contributed by atoms with van der Waals surface area (Å²) in [4.78, 5) is 24.1. The highest BCUT2D eigenvalue weighted by molar-refractivity contribution is 7.93. The molecule has 0 aromatic heterocycles. The largest absolute Gasteiger partial charge is 0.354 e. The van der Waals surface area contributed by atoms with E-state index in [2.05, 4.69) is 5.32 Å². The van der Waals surface area contributed by atoms with Crippen LogP contribution in [0.25, 0.3) is 0 Å². The van der Waals surface area contributed by atoms with E-state index in [1.807, 2.05) is 19.1 Å². The van der Waals surface area contributed by atoms with E-state index in [9.17, 15) is 18.0 Å². The van der Waals surface area contributed by atoms with E-state index in [1.54, 1.807) is 41.9 Å². The van der Waals surface area contributed by atoms with Crippen LogP contribution in [0.3, 0.4) is 0 Å². The number of nitrogens with one attached hydrogen (secondary N) is 2. The van der Waals surface area contributed by atoms with Crippen molar-refractivity contribution >= 4 is 27.5 Å². The third kappa shape index (κ3) is 5.23. The van der Waals surface area contributed by atoms with Crippen LogP contribution in [-0.4, -0.2) is 38.0 Å². The maximum Gasteiger partial charge on any atom is 0.265 e. The van der Waals surface area contributed by atoms with Crippen LogP contribution in [0.5, 0.6) is 0 Å². The molecule has 0 saturated heterocycles. The molecular formula is C22H27N3O5S. The Bertz CT molecular complexity index is 1040. The molecule has 166 valence electrons. The van der Waals surface area contributed by atoms with Crippen molar-refractivity contribution in [1.29, 1.82) is 0 Å². The van der Waals surface area contributed by atoms with E-state index >= 15 is 0 Å². The normalized spacial score (nSPS) is 15.4. The summed E-state index contributed by atoms with van der Waals surface area (Å²) in [5.41, 5.74) is 3.87. The summed E-state index contributed by atoms with van der Waals surface area (Å²) in [5, 5.41) is 11.3. The van der Waals surface area contributed by atoms with E-state index in [-0.39, 0.29) is 17.2 Å². The van der Waals surface area contributed by atoms with E-state index in [1.165, 1.54) is 4.31 Å². The molecule has 3 rings (SSSR count). The number of hydrogen-bond acceptors (Lipinski definition) is 5. The number of sulfonamides is 1. The second kappa shape index (κ2) is 9.93. The fourth-order valence-electron chi connectivity index (χ4n) is 3.65. The topological polar surface area (TPSA) is 116 Å². The molecule has 1 aliphatic rings. The molecule has 0 aliphatic carbocycles. The number of anilines is 1. The lowest BCUT2D eigenvalue weighted by molar-refractivity contribution is -0.129. The average molecular weight is 446 g/mol. The highest BCUT2D eigenvalue weighted by atomic mass is 32.2. The predicted octanol–water partition coefficient (Wildman–Crippen LogP) is 2.30. The number of hydrogen-bond donors (Lipinski definition) is 3. The lowest BCUT2D eigenvalue weighted by Gasteiger charge is -2.26. The van der Waals surface area contributed by atoms with E-state index in [4.69, 9.17) is 5.21 Å². The van der Waals surface area contributed by atoms with Gasteiger partial charge in [0.2, 0.25) is 11.8 Å². The maximum absolute atomic E-state index is 13.4. The van der Waals surface area contributed by atoms with Gasteiger partial charge in [0.25, 0.3) is 10.0 Å². The number of rotatable bonds is 9. The maximum atomic E-state index is 13.4. The van der Waals surface area contributed by atoms with Gasteiger partial charge in [-0.3, -0.25) is 19.1 Å². The van der Waals surface area contributed by atoms with Crippen LogP contribution < -0.4 is 15.1 Å². The highest BCUT2D eigenvalue weighted by Gasteiger charge is 2.42. The van der Waals surface area contributed by atoms with Gasteiger partial charge in [-0.05, 0) is 43.5 Å². The zero-order chi connectivity index (χ0) is 22.4. The molecule has 1 aliphatic heterocycles. The molecule has 9 heteroatoms. The van der Waals surface area contributed by atoms with Crippen LogP contribution in [0, 0.1) is 6.92 Å². The molecule has 1 atom stereocenters. The Labute approximate surface area is 182 Å². The summed E-state index contributed by atoms with van der Waals surface area (Å²) >= 11 is 0. The number of benzene rings is 2. The van der Waals surface area contributed by atoms with Crippen molar-refractivity contribution in [3.63, 3.8) is 0 Å². The summed E-state index contributed by atoms with van der Waals surface area (Å²) in [6.45, 7) is 2.26. The molecule has 31 heavy (non-hydrogen) atoms. The smallest absolute Gasteiger partial charge is 0.265 e. The first-order valence-electron chi connectivity index (χ1n) is 10.2. The quantitative estimate of drug-likeness (QED) is 0.311. The minimum Gasteiger partial charge on any atom is -0.354 e. The van der Waals surface area contributed by atoms with Crippen molar-refractivity contribution in [3.8, 4) is 0 Å². The fraction of sp³-hybridized carbons (Fsp3) is 0.364. The number of nitrogens with zero attached hydrogens (tertiary/aromatic N) is 1. The van der Waals surface area contributed by atoms with Gasteiger partial charge in [0, 0.05) is 19.4 Å². The van der Waals surface area contributed by atoms with Gasteiger partial charge in [-0.1, -0.05) is 42.3 Å². The zero-order valence-electron chi connectivity index (χ0n) is 17.4. The molecule has 2 aromatic rings. The molecule has 1 heterocycles. The first-order chi connectivity index (χ1) is 14.8. The van der Waals surface area contributed by atoms with Gasteiger partial charge in [0.1, 0.15) is 6.04 Å². The van der Waals surface area contributed by atoms with Crippen molar-refractivity contribution in [2.45, 2.75) is 50.0 Å². The Morgan fingerprint density at radius 3 is 2.48 bits per heavy atom. The van der Waals surface area contributed by atoms with Crippen LogP contribution in [0.4, 0.5) is 5.69 Å². The first kappa shape index (κ1) is 22.8. The molecule has 3 N–H and O–H groups in total. The molecular weight excluding hydrogens is 418 g/mol. The molecule has 0 fully saturated rings. The summed E-state index contributed by atoms with van der Waals surface area (Å²) in [7, 11) is -3.91. The monoisotopic (exact) mass is 445 g/mol. The second-order valence-electron chi connectivity index (χ2n) is 7.60. The lowest BCUT2D eigenvalue weighted by Crippen LogP contribution is -2.48. The number of fused-ring (bicyclic) bond motifs is 1. The number of unbranched alkanes of at least 4 members (excludes halogenated alkanes) is 2. The zero-order valence-corrected chi connectivity index (χ0v) is 18.2. The summed E-state index contributed by atoms with van der Waals surface area (Å²) in [6, 6.07) is 12.9. The van der Waals surface area contributed by atoms with E-state index in [0.717, 1.165) is 11.1 Å². The Morgan fingerprint density at radius 2 is 1.77 bits per heavy atom. The summed E-state index contributed by atoms with van der Waals surface area (Å²) in [5.74, 6) is -0.787. The van der Waals surface area contributed by atoms with Gasteiger partial charge in [-0.25, -0.2) is 13.9 Å². The standard InChI is InChI=1S/C22H27N3O5S/c1-16-10-12-18(13-11-16)31(29,30)25-19-8-5-4-7-17(19)15-20(25)22(27)23-14-6-2-3-9-21(26)24-28/h4-5,7-8,10-13,20,28H,2-3,6,9,14-15H2,1H3,(H,23,27)(H,24,26). The number of amides is 2. The van der Waals surface area contributed by atoms with Gasteiger partial charge in [0.15, 0.2) is 0 Å². The number of carbonyl (C=O) groups is 2. The minimum absolute atomic E-state index is 0.148. The average Bonchev–Trinajstić information content (AvgIpc) is 3.16. The molecule has 2 amide bonds. The van der Waals surface area contributed by atoms with Crippen molar-refractivity contribution in [2.24, 2.45) is 0 Å². The van der Waals surface area contributed by atoms with Gasteiger partial charge >= 0.3 is 0 Å². The Balaban J connectivity index is 1.71. The van der Waals surface area contributed by atoms with Gasteiger partial charge in [0.05, 0.1) is 10.6 Å². The van der Waals surface area contributed by atoms with Crippen molar-refractivity contribution in [3.05, 3.63) is 59.7 Å². The van der Waals surface area contributed by atoms with E-state index in [0.29, 0.717) is 37.9 Å². The van der Waals surface area contributed by atoms with Crippen LogP contribution in [0.15, 0.2) is 53.4 Å². The van der Waals surface area contributed by atoms with Crippen molar-refractivity contribution in [1.82, 2.24) is 10.8 Å². The van der Waals surface area contributed by atoms with Crippen molar-refractivity contribution in [2.75, 3.05) is 10.8 Å². The highest BCUT2D eigenvalue weighted by Crippen LogP contribution is 2.36. The molecule has 0 spiro atoms. The SMILES string of the molecule is Cc1ccc(S(=O)(=O)N2c3ccccc3CC2C(=O)NCCCCCC(=O)NO)cc1. The van der Waals surface area contributed by atoms with E-state index < -0.39 is 22.0 Å². The molecule has 0 radical (unpaired) electrons. The number of para-hydroxylation sites is 1. The third-order valence-electron chi connectivity index (χ3n) is 5.31.